The summed E-state index contributed by atoms with van der Waals surface area (Å²) in [5, 5.41) is 8.25. The highest BCUT2D eigenvalue weighted by atomic mass is 32.3. The number of carboxylic acids is 1. The lowest BCUT2D eigenvalue weighted by Crippen LogP contribution is -2.60. The van der Waals surface area contributed by atoms with Crippen LogP contribution >= 0.6 is 0 Å². The summed E-state index contributed by atoms with van der Waals surface area (Å²) in [5.41, 5.74) is -1.60. The van der Waals surface area contributed by atoms with Gasteiger partial charge in [0.1, 0.15) is 5.54 Å². The van der Waals surface area contributed by atoms with E-state index in [0.29, 0.717) is 12.8 Å². The van der Waals surface area contributed by atoms with Crippen LogP contribution in [0.5, 0.6) is 0 Å². The van der Waals surface area contributed by atoms with Gasteiger partial charge in [-0.2, -0.15) is 4.72 Å². The number of aliphatic carboxylic acids is 1. The number of sulfonamides is 1. The molecule has 2 atom stereocenters. The maximum absolute atomic E-state index is 11.8. The first kappa shape index (κ1) is 16.4. The van der Waals surface area contributed by atoms with Gasteiger partial charge < -0.3 is 5.11 Å². The number of sulfone groups is 1. The number of rotatable bonds is 5. The molecule has 0 radical (unpaired) electrons. The number of hydrogen-bond acceptors (Lipinski definition) is 5. The molecule has 0 heterocycles. The highest BCUT2D eigenvalue weighted by Gasteiger charge is 2.48. The third-order valence-corrected chi connectivity index (χ3v) is 7.02. The number of carbonyl (C=O) groups is 1. The van der Waals surface area contributed by atoms with Gasteiger partial charge in [-0.3, -0.25) is 4.79 Å². The molecular formula is C10H19NO6S2. The van der Waals surface area contributed by atoms with Gasteiger partial charge in [-0.1, -0.05) is 19.8 Å². The average Bonchev–Trinajstić information content (AvgIpc) is 2.17. The molecule has 0 spiro atoms. The zero-order valence-corrected chi connectivity index (χ0v) is 12.6. The van der Waals surface area contributed by atoms with Crippen molar-refractivity contribution in [2.24, 2.45) is 5.92 Å². The Bertz CT molecular complexity index is 553. The second kappa shape index (κ2) is 5.37. The Morgan fingerprint density at radius 1 is 1.32 bits per heavy atom. The fraction of sp³-hybridized carbons (Fsp3) is 0.900. The zero-order valence-electron chi connectivity index (χ0n) is 10.9. The van der Waals surface area contributed by atoms with E-state index in [1.807, 2.05) is 0 Å². The second-order valence-corrected chi connectivity index (χ2v) is 9.41. The standard InChI is InChI=1S/C10H19NO6S2/c1-8-5-3-4-6-10(8,9(12)13)11-19(16,17)7-18(2,14)15/h8,11H,3-7H2,1-2H3,(H,12,13). The van der Waals surface area contributed by atoms with Crippen LogP contribution in [0.15, 0.2) is 0 Å². The van der Waals surface area contributed by atoms with E-state index in [4.69, 9.17) is 0 Å². The Morgan fingerprint density at radius 3 is 2.32 bits per heavy atom. The van der Waals surface area contributed by atoms with E-state index in [0.717, 1.165) is 12.7 Å². The molecule has 1 rings (SSSR count). The van der Waals surface area contributed by atoms with Gasteiger partial charge in [-0.15, -0.1) is 0 Å². The summed E-state index contributed by atoms with van der Waals surface area (Å²) < 4.78 is 47.9. The molecule has 1 fully saturated rings. The summed E-state index contributed by atoms with van der Waals surface area (Å²) >= 11 is 0. The van der Waals surface area contributed by atoms with Crippen LogP contribution in [0, 0.1) is 5.92 Å². The first-order valence-electron chi connectivity index (χ1n) is 5.91. The fourth-order valence-electron chi connectivity index (χ4n) is 2.45. The van der Waals surface area contributed by atoms with Crippen molar-refractivity contribution in [3.05, 3.63) is 0 Å². The molecule has 1 aliphatic carbocycles. The highest BCUT2D eigenvalue weighted by molar-refractivity contribution is 8.06. The molecule has 0 bridgehead atoms. The lowest BCUT2D eigenvalue weighted by molar-refractivity contribution is -0.147. The van der Waals surface area contributed by atoms with Crippen molar-refractivity contribution in [1.82, 2.24) is 4.72 Å². The van der Waals surface area contributed by atoms with Gasteiger partial charge in [-0.25, -0.2) is 16.8 Å². The summed E-state index contributed by atoms with van der Waals surface area (Å²) in [6, 6.07) is 0. The predicted molar refractivity (Wildman–Crippen MR) is 69.8 cm³/mol. The molecule has 19 heavy (non-hydrogen) atoms. The molecular weight excluding hydrogens is 294 g/mol. The van der Waals surface area contributed by atoms with Crippen molar-refractivity contribution in [1.29, 1.82) is 0 Å². The maximum atomic E-state index is 11.8. The topological polar surface area (TPSA) is 118 Å². The van der Waals surface area contributed by atoms with E-state index in [1.54, 1.807) is 6.92 Å². The Hall–Kier alpha value is -0.670. The van der Waals surface area contributed by atoms with Crippen LogP contribution in [0.1, 0.15) is 32.6 Å². The molecule has 0 aromatic rings. The van der Waals surface area contributed by atoms with Crippen molar-refractivity contribution in [2.75, 3.05) is 11.3 Å². The largest absolute Gasteiger partial charge is 0.480 e. The molecule has 0 amide bonds. The first-order valence-corrected chi connectivity index (χ1v) is 9.62. The summed E-state index contributed by atoms with van der Waals surface area (Å²) in [5.74, 6) is -1.63. The molecule has 9 heteroatoms. The molecule has 2 unspecified atom stereocenters. The van der Waals surface area contributed by atoms with Crippen LogP contribution in [-0.2, 0) is 24.7 Å². The third-order valence-electron chi connectivity index (χ3n) is 3.39. The summed E-state index contributed by atoms with van der Waals surface area (Å²) in [6.45, 7) is 1.66. The highest BCUT2D eigenvalue weighted by Crippen LogP contribution is 2.34. The van der Waals surface area contributed by atoms with Gasteiger partial charge in [0.25, 0.3) is 0 Å². The Labute approximate surface area is 113 Å². The summed E-state index contributed by atoms with van der Waals surface area (Å²) in [6.07, 6.45) is 2.99. The first-order chi connectivity index (χ1) is 8.49. The molecule has 2 N–H and O–H groups in total. The average molecular weight is 313 g/mol. The SMILES string of the molecule is CC1CCCCC1(NS(=O)(=O)CS(C)(=O)=O)C(=O)O. The van der Waals surface area contributed by atoms with E-state index < -0.39 is 36.5 Å². The van der Waals surface area contributed by atoms with Crippen molar-refractivity contribution >= 4 is 25.8 Å². The second-order valence-electron chi connectivity index (χ2n) is 5.18. The summed E-state index contributed by atoms with van der Waals surface area (Å²) in [4.78, 5) is 11.5. The number of carboxylic acid groups (broad SMARTS) is 1. The van der Waals surface area contributed by atoms with Crippen molar-refractivity contribution in [3.63, 3.8) is 0 Å². The van der Waals surface area contributed by atoms with Gasteiger partial charge in [0, 0.05) is 6.26 Å². The third kappa shape index (κ3) is 4.15. The maximum Gasteiger partial charge on any atom is 0.325 e. The van der Waals surface area contributed by atoms with Crippen LogP contribution in [-0.4, -0.2) is 44.8 Å². The lowest BCUT2D eigenvalue weighted by atomic mass is 9.74. The Kier molecular flexibility index (Phi) is 4.63. The van der Waals surface area contributed by atoms with Gasteiger partial charge in [0.2, 0.25) is 10.0 Å². The molecule has 0 aromatic carbocycles. The minimum Gasteiger partial charge on any atom is -0.480 e. The van der Waals surface area contributed by atoms with E-state index >= 15 is 0 Å². The van der Waals surface area contributed by atoms with Crippen molar-refractivity contribution in [3.8, 4) is 0 Å². The summed E-state index contributed by atoms with van der Waals surface area (Å²) in [7, 11) is -7.94. The van der Waals surface area contributed by atoms with Crippen LogP contribution < -0.4 is 4.72 Å². The van der Waals surface area contributed by atoms with Crippen LogP contribution in [0.4, 0.5) is 0 Å². The van der Waals surface area contributed by atoms with Crippen LogP contribution in [0.25, 0.3) is 0 Å². The van der Waals surface area contributed by atoms with Gasteiger partial charge >= 0.3 is 5.97 Å². The predicted octanol–water partition coefficient (Wildman–Crippen LogP) is -0.0586. The van der Waals surface area contributed by atoms with Crippen LogP contribution in [0.3, 0.4) is 0 Å². The smallest absolute Gasteiger partial charge is 0.325 e. The van der Waals surface area contributed by atoms with E-state index in [2.05, 4.69) is 4.72 Å². The normalized spacial score (nSPS) is 29.1. The van der Waals surface area contributed by atoms with E-state index in [1.165, 1.54) is 0 Å². The van der Waals surface area contributed by atoms with E-state index in [9.17, 15) is 26.7 Å². The van der Waals surface area contributed by atoms with Gasteiger partial charge in [0.15, 0.2) is 14.9 Å². The molecule has 1 aliphatic rings. The number of hydrogen-bond donors (Lipinski definition) is 2. The number of nitrogens with one attached hydrogen (secondary N) is 1. The zero-order chi connectivity index (χ0) is 14.9. The monoisotopic (exact) mass is 313 g/mol. The van der Waals surface area contributed by atoms with Crippen molar-refractivity contribution in [2.45, 2.75) is 38.1 Å². The minimum atomic E-state index is -4.19. The minimum absolute atomic E-state index is 0.173. The van der Waals surface area contributed by atoms with Gasteiger partial charge in [-0.05, 0) is 18.8 Å². The van der Waals surface area contributed by atoms with E-state index in [-0.39, 0.29) is 12.3 Å². The molecule has 112 valence electrons. The Morgan fingerprint density at radius 2 is 1.89 bits per heavy atom. The molecule has 1 saturated carbocycles. The molecule has 7 nitrogen and oxygen atoms in total. The lowest BCUT2D eigenvalue weighted by Gasteiger charge is -2.39. The molecule has 0 aromatic heterocycles. The quantitative estimate of drug-likeness (QED) is 0.734. The van der Waals surface area contributed by atoms with Gasteiger partial charge in [0.05, 0.1) is 0 Å². The molecule has 0 saturated heterocycles. The van der Waals surface area contributed by atoms with Crippen LogP contribution in [0.2, 0.25) is 0 Å². The fourth-order valence-corrected chi connectivity index (χ4v) is 5.88. The Balaban J connectivity index is 3.06. The molecule has 0 aliphatic heterocycles. The van der Waals surface area contributed by atoms with Crippen molar-refractivity contribution < 1.29 is 26.7 Å².